The molecule has 5 nitrogen and oxygen atoms in total. The first-order chi connectivity index (χ1) is 14.2. The van der Waals surface area contributed by atoms with Gasteiger partial charge >= 0.3 is 0 Å². The van der Waals surface area contributed by atoms with Gasteiger partial charge in [0, 0.05) is 26.2 Å². The third-order valence-electron chi connectivity index (χ3n) is 5.75. The summed E-state index contributed by atoms with van der Waals surface area (Å²) in [6.45, 7) is 2.81. The Kier molecular flexibility index (Phi) is 8.03. The SMILES string of the molecule is CCCC(=O)[C@H](CC1CCCCC1)Nc1ccnc(N(C)Cc2ccccc2)n1. The number of nitrogens with zero attached hydrogens (tertiary/aromatic N) is 3. The second kappa shape index (κ2) is 10.9. The van der Waals surface area contributed by atoms with Crippen molar-refractivity contribution in [2.75, 3.05) is 17.3 Å². The second-order valence-corrected chi connectivity index (χ2v) is 8.24. The van der Waals surface area contributed by atoms with Gasteiger partial charge in [-0.2, -0.15) is 4.98 Å². The van der Waals surface area contributed by atoms with E-state index in [1.165, 1.54) is 37.7 Å². The molecule has 0 unspecified atom stereocenters. The number of benzene rings is 1. The number of Topliss-reactive ketones (excluding diaryl/α,β-unsaturated/α-hetero) is 1. The summed E-state index contributed by atoms with van der Waals surface area (Å²) in [4.78, 5) is 23.9. The smallest absolute Gasteiger partial charge is 0.227 e. The van der Waals surface area contributed by atoms with E-state index in [1.54, 1.807) is 6.20 Å². The summed E-state index contributed by atoms with van der Waals surface area (Å²) in [5, 5.41) is 3.44. The lowest BCUT2D eigenvalue weighted by Crippen LogP contribution is -2.33. The lowest BCUT2D eigenvalue weighted by atomic mass is 9.83. The van der Waals surface area contributed by atoms with Crippen molar-refractivity contribution in [1.82, 2.24) is 9.97 Å². The Balaban J connectivity index is 1.68. The average molecular weight is 395 g/mol. The van der Waals surface area contributed by atoms with Gasteiger partial charge in [0.15, 0.2) is 5.78 Å². The average Bonchev–Trinajstić information content (AvgIpc) is 2.75. The molecule has 1 atom stereocenters. The van der Waals surface area contributed by atoms with Crippen LogP contribution in [0.1, 0.15) is 63.9 Å². The van der Waals surface area contributed by atoms with Crippen molar-refractivity contribution in [3.63, 3.8) is 0 Å². The molecule has 2 aromatic rings. The predicted molar refractivity (Wildman–Crippen MR) is 119 cm³/mol. The van der Waals surface area contributed by atoms with E-state index < -0.39 is 0 Å². The fraction of sp³-hybridized carbons (Fsp3) is 0.542. The summed E-state index contributed by atoms with van der Waals surface area (Å²) in [6, 6.07) is 12.0. The molecule has 1 heterocycles. The van der Waals surface area contributed by atoms with Crippen LogP contribution in [0.3, 0.4) is 0 Å². The van der Waals surface area contributed by atoms with E-state index in [4.69, 9.17) is 4.98 Å². The molecule has 5 heteroatoms. The van der Waals surface area contributed by atoms with Crippen LogP contribution in [0.25, 0.3) is 0 Å². The topological polar surface area (TPSA) is 58.1 Å². The van der Waals surface area contributed by atoms with Crippen LogP contribution >= 0.6 is 0 Å². The van der Waals surface area contributed by atoms with E-state index in [2.05, 4.69) is 29.4 Å². The molecule has 0 amide bonds. The van der Waals surface area contributed by atoms with Crippen LogP contribution < -0.4 is 10.2 Å². The van der Waals surface area contributed by atoms with E-state index in [1.807, 2.05) is 36.2 Å². The van der Waals surface area contributed by atoms with Crippen molar-refractivity contribution in [3.05, 3.63) is 48.2 Å². The summed E-state index contributed by atoms with van der Waals surface area (Å²) >= 11 is 0. The maximum atomic E-state index is 12.8. The summed E-state index contributed by atoms with van der Waals surface area (Å²) in [6.07, 6.45) is 10.6. The van der Waals surface area contributed by atoms with Crippen molar-refractivity contribution < 1.29 is 4.79 Å². The minimum absolute atomic E-state index is 0.153. The fourth-order valence-corrected chi connectivity index (χ4v) is 4.17. The van der Waals surface area contributed by atoms with E-state index in [9.17, 15) is 4.79 Å². The monoisotopic (exact) mass is 394 g/mol. The number of ketones is 1. The van der Waals surface area contributed by atoms with E-state index >= 15 is 0 Å². The lowest BCUT2D eigenvalue weighted by Gasteiger charge is -2.27. The largest absolute Gasteiger partial charge is 0.360 e. The molecule has 1 aromatic heterocycles. The Morgan fingerprint density at radius 2 is 1.93 bits per heavy atom. The van der Waals surface area contributed by atoms with E-state index in [-0.39, 0.29) is 6.04 Å². The summed E-state index contributed by atoms with van der Waals surface area (Å²) in [5.74, 6) is 2.35. The van der Waals surface area contributed by atoms with Crippen molar-refractivity contribution in [2.45, 2.75) is 70.9 Å². The number of hydrogen-bond donors (Lipinski definition) is 1. The van der Waals surface area contributed by atoms with Crippen LogP contribution in [0.4, 0.5) is 11.8 Å². The minimum Gasteiger partial charge on any atom is -0.360 e. The highest BCUT2D eigenvalue weighted by atomic mass is 16.1. The van der Waals surface area contributed by atoms with Crippen molar-refractivity contribution in [1.29, 1.82) is 0 Å². The van der Waals surface area contributed by atoms with Gasteiger partial charge in [-0.1, -0.05) is 69.4 Å². The zero-order chi connectivity index (χ0) is 20.5. The van der Waals surface area contributed by atoms with Crippen molar-refractivity contribution >= 4 is 17.5 Å². The summed E-state index contributed by atoms with van der Waals surface area (Å²) in [5.41, 5.74) is 1.21. The standard InChI is InChI=1S/C24H34N4O/c1-3-10-22(29)21(17-19-11-6-4-7-12-19)26-23-15-16-25-24(27-23)28(2)18-20-13-8-5-9-14-20/h5,8-9,13-16,19,21H,3-4,6-7,10-12,17-18H2,1-2H3,(H,25,26,27)/t21-/m0/s1. The predicted octanol–water partition coefficient (Wildman–Crippen LogP) is 5.23. The number of carbonyl (C=O) groups excluding carboxylic acids is 1. The maximum Gasteiger partial charge on any atom is 0.227 e. The molecule has 1 aliphatic rings. The molecule has 0 aliphatic heterocycles. The Labute approximate surface area is 175 Å². The molecular weight excluding hydrogens is 360 g/mol. The molecule has 1 saturated carbocycles. The maximum absolute atomic E-state index is 12.8. The summed E-state index contributed by atoms with van der Waals surface area (Å²) < 4.78 is 0. The van der Waals surface area contributed by atoms with Crippen LogP contribution in [-0.4, -0.2) is 28.8 Å². The quantitative estimate of drug-likeness (QED) is 0.598. The van der Waals surface area contributed by atoms with Gasteiger partial charge in [0.05, 0.1) is 6.04 Å². The highest BCUT2D eigenvalue weighted by molar-refractivity contribution is 5.86. The van der Waals surface area contributed by atoms with E-state index in [0.717, 1.165) is 25.2 Å². The molecule has 1 aliphatic carbocycles. The van der Waals surface area contributed by atoms with Crippen LogP contribution in [0.15, 0.2) is 42.6 Å². The van der Waals surface area contributed by atoms with Crippen molar-refractivity contribution in [2.24, 2.45) is 5.92 Å². The van der Waals surface area contributed by atoms with Crippen LogP contribution in [-0.2, 0) is 11.3 Å². The number of anilines is 2. The molecule has 1 N–H and O–H groups in total. The molecule has 3 rings (SSSR count). The molecule has 156 valence electrons. The number of rotatable bonds is 10. The molecule has 29 heavy (non-hydrogen) atoms. The Bertz CT molecular complexity index is 758. The zero-order valence-corrected chi connectivity index (χ0v) is 17.8. The van der Waals surface area contributed by atoms with Gasteiger partial charge in [-0.25, -0.2) is 4.98 Å². The Hall–Kier alpha value is -2.43. The van der Waals surface area contributed by atoms with Gasteiger partial charge < -0.3 is 10.2 Å². The zero-order valence-electron chi connectivity index (χ0n) is 17.8. The Morgan fingerprint density at radius 1 is 1.17 bits per heavy atom. The number of aromatic nitrogens is 2. The van der Waals surface area contributed by atoms with Crippen LogP contribution in [0, 0.1) is 5.92 Å². The third-order valence-corrected chi connectivity index (χ3v) is 5.75. The summed E-state index contributed by atoms with van der Waals surface area (Å²) in [7, 11) is 1.99. The van der Waals surface area contributed by atoms with Gasteiger partial charge in [0.1, 0.15) is 5.82 Å². The van der Waals surface area contributed by atoms with Gasteiger partial charge in [-0.3, -0.25) is 4.79 Å². The molecule has 0 radical (unpaired) electrons. The molecule has 1 fully saturated rings. The van der Waals surface area contributed by atoms with Crippen molar-refractivity contribution in [3.8, 4) is 0 Å². The normalized spacial score (nSPS) is 15.7. The fourth-order valence-electron chi connectivity index (χ4n) is 4.17. The van der Waals surface area contributed by atoms with Crippen LogP contribution in [0.2, 0.25) is 0 Å². The minimum atomic E-state index is -0.153. The third kappa shape index (κ3) is 6.55. The van der Waals surface area contributed by atoms with Crippen LogP contribution in [0.5, 0.6) is 0 Å². The first-order valence-corrected chi connectivity index (χ1v) is 11.0. The molecule has 0 spiro atoms. The van der Waals surface area contributed by atoms with Gasteiger partial charge in [-0.15, -0.1) is 0 Å². The first-order valence-electron chi connectivity index (χ1n) is 11.0. The van der Waals surface area contributed by atoms with E-state index in [0.29, 0.717) is 24.1 Å². The molecular formula is C24H34N4O. The second-order valence-electron chi connectivity index (χ2n) is 8.24. The van der Waals surface area contributed by atoms with Gasteiger partial charge in [0.2, 0.25) is 5.95 Å². The highest BCUT2D eigenvalue weighted by Gasteiger charge is 2.24. The first kappa shape index (κ1) is 21.3. The number of nitrogens with one attached hydrogen (secondary N) is 1. The molecule has 0 saturated heterocycles. The molecule has 0 bridgehead atoms. The number of carbonyl (C=O) groups is 1. The number of hydrogen-bond acceptors (Lipinski definition) is 5. The molecule has 1 aromatic carbocycles. The van der Waals surface area contributed by atoms with Gasteiger partial charge in [-0.05, 0) is 30.4 Å². The Morgan fingerprint density at radius 3 is 2.66 bits per heavy atom. The highest BCUT2D eigenvalue weighted by Crippen LogP contribution is 2.29. The van der Waals surface area contributed by atoms with Gasteiger partial charge in [0.25, 0.3) is 0 Å². The lowest BCUT2D eigenvalue weighted by molar-refractivity contribution is -0.120.